The molecule has 2 nitrogen and oxygen atoms in total. The zero-order valence-electron chi connectivity index (χ0n) is 12.7. The lowest BCUT2D eigenvalue weighted by Gasteiger charge is -2.21. The summed E-state index contributed by atoms with van der Waals surface area (Å²) in [5, 5.41) is 10.1. The van der Waals surface area contributed by atoms with Crippen LogP contribution in [-0.4, -0.2) is 26.3 Å². The molecule has 0 aliphatic rings. The third kappa shape index (κ3) is 5.10. The van der Waals surface area contributed by atoms with Crippen molar-refractivity contribution in [3.8, 4) is 11.5 Å². The SMILES string of the molecule is CCN(CC)c1ccc(C(O)C#C[Si](C)(C)C)cc1. The Bertz CT molecular complexity index is 446. The molecule has 0 heterocycles. The summed E-state index contributed by atoms with van der Waals surface area (Å²) < 4.78 is 0. The number of aliphatic hydroxyl groups excluding tert-OH is 1. The molecular formula is C16H25NOSi. The number of aliphatic hydroxyl groups is 1. The van der Waals surface area contributed by atoms with Crippen LogP contribution in [0.5, 0.6) is 0 Å². The Labute approximate surface area is 118 Å². The zero-order chi connectivity index (χ0) is 14.5. The van der Waals surface area contributed by atoms with E-state index in [0.29, 0.717) is 0 Å². The molecule has 19 heavy (non-hydrogen) atoms. The van der Waals surface area contributed by atoms with E-state index in [2.05, 4.69) is 62.0 Å². The van der Waals surface area contributed by atoms with Gasteiger partial charge in [-0.25, -0.2) is 0 Å². The highest BCUT2D eigenvalue weighted by molar-refractivity contribution is 6.83. The second-order valence-electron chi connectivity index (χ2n) is 5.69. The van der Waals surface area contributed by atoms with E-state index in [-0.39, 0.29) is 0 Å². The van der Waals surface area contributed by atoms with Gasteiger partial charge in [-0.05, 0) is 31.5 Å². The molecule has 0 saturated heterocycles. The van der Waals surface area contributed by atoms with Crippen molar-refractivity contribution in [1.29, 1.82) is 0 Å². The van der Waals surface area contributed by atoms with Crippen molar-refractivity contribution < 1.29 is 5.11 Å². The van der Waals surface area contributed by atoms with Crippen molar-refractivity contribution in [2.24, 2.45) is 0 Å². The minimum absolute atomic E-state index is 0.669. The number of benzene rings is 1. The molecule has 0 spiro atoms. The maximum Gasteiger partial charge on any atom is 0.139 e. The fourth-order valence-corrected chi connectivity index (χ4v) is 2.39. The van der Waals surface area contributed by atoms with Gasteiger partial charge in [-0.3, -0.25) is 0 Å². The van der Waals surface area contributed by atoms with Gasteiger partial charge in [0.1, 0.15) is 14.2 Å². The van der Waals surface area contributed by atoms with Gasteiger partial charge < -0.3 is 10.0 Å². The lowest BCUT2D eigenvalue weighted by atomic mass is 10.1. The molecule has 0 amide bonds. The normalized spacial score (nSPS) is 12.5. The van der Waals surface area contributed by atoms with Crippen molar-refractivity contribution in [2.45, 2.75) is 39.6 Å². The summed E-state index contributed by atoms with van der Waals surface area (Å²) in [6.07, 6.45) is -0.669. The van der Waals surface area contributed by atoms with E-state index in [1.54, 1.807) is 0 Å². The van der Waals surface area contributed by atoms with Crippen LogP contribution in [0.4, 0.5) is 5.69 Å². The molecule has 104 valence electrons. The highest BCUT2D eigenvalue weighted by Crippen LogP contribution is 2.19. The Balaban J connectivity index is 2.83. The zero-order valence-corrected chi connectivity index (χ0v) is 13.7. The Morgan fingerprint density at radius 2 is 1.63 bits per heavy atom. The van der Waals surface area contributed by atoms with Gasteiger partial charge in [0.25, 0.3) is 0 Å². The first kappa shape index (κ1) is 15.8. The third-order valence-corrected chi connectivity index (χ3v) is 3.82. The van der Waals surface area contributed by atoms with Crippen molar-refractivity contribution in [2.75, 3.05) is 18.0 Å². The first-order chi connectivity index (χ1) is 8.87. The molecular weight excluding hydrogens is 250 g/mol. The van der Waals surface area contributed by atoms with Crippen molar-refractivity contribution in [3.63, 3.8) is 0 Å². The Morgan fingerprint density at radius 1 is 1.11 bits per heavy atom. The van der Waals surface area contributed by atoms with E-state index < -0.39 is 14.2 Å². The summed E-state index contributed by atoms with van der Waals surface area (Å²) in [6, 6.07) is 8.05. The number of nitrogens with zero attached hydrogens (tertiary/aromatic N) is 1. The third-order valence-electron chi connectivity index (χ3n) is 2.92. The topological polar surface area (TPSA) is 23.5 Å². The summed E-state index contributed by atoms with van der Waals surface area (Å²) in [7, 11) is -1.42. The quantitative estimate of drug-likeness (QED) is 0.672. The first-order valence-electron chi connectivity index (χ1n) is 6.93. The maximum atomic E-state index is 10.1. The molecule has 0 aliphatic carbocycles. The van der Waals surface area contributed by atoms with Crippen molar-refractivity contribution in [1.82, 2.24) is 0 Å². The smallest absolute Gasteiger partial charge is 0.139 e. The number of hydrogen-bond donors (Lipinski definition) is 1. The van der Waals surface area contributed by atoms with Gasteiger partial charge >= 0.3 is 0 Å². The van der Waals surface area contributed by atoms with Gasteiger partial charge in [0, 0.05) is 18.8 Å². The summed E-state index contributed by atoms with van der Waals surface area (Å²) in [4.78, 5) is 2.28. The lowest BCUT2D eigenvalue weighted by molar-refractivity contribution is 0.238. The summed E-state index contributed by atoms with van der Waals surface area (Å²) in [5.41, 5.74) is 5.28. The van der Waals surface area contributed by atoms with Crippen LogP contribution in [-0.2, 0) is 0 Å². The fraction of sp³-hybridized carbons (Fsp3) is 0.500. The average Bonchev–Trinajstić information content (AvgIpc) is 2.37. The van der Waals surface area contributed by atoms with Crippen LogP contribution in [0.25, 0.3) is 0 Å². The van der Waals surface area contributed by atoms with E-state index in [9.17, 15) is 5.11 Å². The van der Waals surface area contributed by atoms with Gasteiger partial charge in [0.2, 0.25) is 0 Å². The second-order valence-corrected chi connectivity index (χ2v) is 10.4. The predicted octanol–water partition coefficient (Wildman–Crippen LogP) is 3.45. The van der Waals surface area contributed by atoms with Crippen LogP contribution < -0.4 is 4.90 Å². The highest BCUT2D eigenvalue weighted by Gasteiger charge is 2.10. The molecule has 0 aromatic heterocycles. The predicted molar refractivity (Wildman–Crippen MR) is 86.1 cm³/mol. The fourth-order valence-electron chi connectivity index (χ4n) is 1.82. The molecule has 1 atom stereocenters. The van der Waals surface area contributed by atoms with E-state index >= 15 is 0 Å². The summed E-state index contributed by atoms with van der Waals surface area (Å²) in [5.74, 6) is 2.97. The standard InChI is InChI=1S/C16H25NOSi/c1-6-17(7-2)15-10-8-14(9-11-15)16(18)12-13-19(3,4)5/h8-11,16,18H,6-7H2,1-5H3. The lowest BCUT2D eigenvalue weighted by Crippen LogP contribution is -2.21. The molecule has 0 aliphatic heterocycles. The van der Waals surface area contributed by atoms with Gasteiger partial charge in [0.05, 0.1) is 0 Å². The molecule has 1 rings (SSSR count). The monoisotopic (exact) mass is 275 g/mol. The molecule has 1 unspecified atom stereocenters. The molecule has 1 aromatic carbocycles. The van der Waals surface area contributed by atoms with Crippen molar-refractivity contribution in [3.05, 3.63) is 29.8 Å². The van der Waals surface area contributed by atoms with Crippen molar-refractivity contribution >= 4 is 13.8 Å². The van der Waals surface area contributed by atoms with E-state index in [4.69, 9.17) is 0 Å². The average molecular weight is 275 g/mol. The minimum Gasteiger partial charge on any atom is -0.376 e. The van der Waals surface area contributed by atoms with Gasteiger partial charge in [0.15, 0.2) is 0 Å². The Morgan fingerprint density at radius 3 is 2.05 bits per heavy atom. The summed E-state index contributed by atoms with van der Waals surface area (Å²) in [6.45, 7) is 12.8. The molecule has 0 bridgehead atoms. The van der Waals surface area contributed by atoms with E-state index in [1.807, 2.05) is 12.1 Å². The van der Waals surface area contributed by atoms with E-state index in [1.165, 1.54) is 5.69 Å². The largest absolute Gasteiger partial charge is 0.376 e. The van der Waals surface area contributed by atoms with Gasteiger partial charge in [-0.2, -0.15) is 0 Å². The number of rotatable bonds is 4. The minimum atomic E-state index is -1.42. The number of anilines is 1. The maximum absolute atomic E-state index is 10.1. The van der Waals surface area contributed by atoms with Crippen LogP contribution in [0.2, 0.25) is 19.6 Å². The van der Waals surface area contributed by atoms with Crippen LogP contribution >= 0.6 is 0 Å². The molecule has 0 fully saturated rings. The van der Waals surface area contributed by atoms with Gasteiger partial charge in [-0.15, -0.1) is 5.54 Å². The molecule has 3 heteroatoms. The van der Waals surface area contributed by atoms with Crippen LogP contribution in [0.15, 0.2) is 24.3 Å². The first-order valence-corrected chi connectivity index (χ1v) is 10.4. The highest BCUT2D eigenvalue weighted by atomic mass is 28.3. The summed E-state index contributed by atoms with van der Waals surface area (Å²) >= 11 is 0. The Kier molecular flexibility index (Phi) is 5.65. The van der Waals surface area contributed by atoms with Crippen LogP contribution in [0.3, 0.4) is 0 Å². The van der Waals surface area contributed by atoms with Crippen LogP contribution in [0, 0.1) is 11.5 Å². The Hall–Kier alpha value is -1.24. The van der Waals surface area contributed by atoms with Crippen LogP contribution in [0.1, 0.15) is 25.5 Å². The second kappa shape index (κ2) is 6.79. The van der Waals surface area contributed by atoms with Gasteiger partial charge in [-0.1, -0.05) is 37.7 Å². The molecule has 1 aromatic rings. The molecule has 0 radical (unpaired) electrons. The molecule has 1 N–H and O–H groups in total. The number of hydrogen-bond acceptors (Lipinski definition) is 2. The molecule has 0 saturated carbocycles. The van der Waals surface area contributed by atoms with E-state index in [0.717, 1.165) is 18.7 Å².